The molecule has 1 N–H and O–H groups in total. The smallest absolute Gasteiger partial charge is 0.258 e. The monoisotopic (exact) mass is 313 g/mol. The topological polar surface area (TPSA) is 47.6 Å². The van der Waals surface area contributed by atoms with Gasteiger partial charge in [0.15, 0.2) is 6.61 Å². The van der Waals surface area contributed by atoms with Crippen LogP contribution >= 0.6 is 0 Å². The quantitative estimate of drug-likeness (QED) is 0.762. The van der Waals surface area contributed by atoms with Crippen LogP contribution in [0, 0.1) is 6.92 Å². The highest BCUT2D eigenvalue weighted by atomic mass is 16.5. The standard InChI is InChI=1S/C19H23NO3/c1-3-16-7-9-17(10-8-16)23-14-19(21)20-11-12-22-18-6-4-5-15(2)13-18/h4-10,13H,3,11-12,14H2,1-2H3,(H,20,21). The van der Waals surface area contributed by atoms with E-state index in [1.165, 1.54) is 5.56 Å². The third kappa shape index (κ3) is 6.02. The summed E-state index contributed by atoms with van der Waals surface area (Å²) in [5, 5.41) is 2.77. The number of benzene rings is 2. The number of aryl methyl sites for hydroxylation is 2. The highest BCUT2D eigenvalue weighted by Crippen LogP contribution is 2.12. The Morgan fingerprint density at radius 2 is 1.83 bits per heavy atom. The maximum atomic E-state index is 11.7. The van der Waals surface area contributed by atoms with E-state index in [-0.39, 0.29) is 12.5 Å². The summed E-state index contributed by atoms with van der Waals surface area (Å²) < 4.78 is 11.0. The molecule has 0 aromatic heterocycles. The number of amides is 1. The van der Waals surface area contributed by atoms with Gasteiger partial charge in [-0.05, 0) is 48.7 Å². The number of rotatable bonds is 8. The Labute approximate surface area is 137 Å². The fourth-order valence-electron chi connectivity index (χ4n) is 2.09. The maximum absolute atomic E-state index is 11.7. The van der Waals surface area contributed by atoms with Crippen LogP contribution in [0.3, 0.4) is 0 Å². The Hall–Kier alpha value is -2.49. The zero-order valence-corrected chi connectivity index (χ0v) is 13.7. The molecule has 0 spiro atoms. The van der Waals surface area contributed by atoms with E-state index in [4.69, 9.17) is 9.47 Å². The van der Waals surface area contributed by atoms with Crippen molar-refractivity contribution in [2.45, 2.75) is 20.3 Å². The van der Waals surface area contributed by atoms with Crippen molar-refractivity contribution in [1.29, 1.82) is 0 Å². The van der Waals surface area contributed by atoms with Crippen LogP contribution in [0.25, 0.3) is 0 Å². The van der Waals surface area contributed by atoms with Crippen molar-refractivity contribution in [3.8, 4) is 11.5 Å². The lowest BCUT2D eigenvalue weighted by Gasteiger charge is -2.09. The summed E-state index contributed by atoms with van der Waals surface area (Å²) in [6.45, 7) is 5.00. The Balaban J connectivity index is 1.63. The molecule has 2 aromatic carbocycles. The molecule has 0 aliphatic carbocycles. The first-order chi connectivity index (χ1) is 11.2. The minimum absolute atomic E-state index is 0.00984. The number of nitrogens with one attached hydrogen (secondary N) is 1. The lowest BCUT2D eigenvalue weighted by Crippen LogP contribution is -2.32. The van der Waals surface area contributed by atoms with E-state index in [1.54, 1.807) is 0 Å². The molecule has 0 aliphatic heterocycles. The van der Waals surface area contributed by atoms with E-state index in [9.17, 15) is 4.79 Å². The summed E-state index contributed by atoms with van der Waals surface area (Å²) in [4.78, 5) is 11.7. The molecule has 1 amide bonds. The van der Waals surface area contributed by atoms with E-state index in [0.717, 1.165) is 17.7 Å². The van der Waals surface area contributed by atoms with Crippen LogP contribution in [0.1, 0.15) is 18.1 Å². The molecule has 2 aromatic rings. The molecule has 4 nitrogen and oxygen atoms in total. The molecular formula is C19H23NO3. The van der Waals surface area contributed by atoms with Crippen LogP contribution in [-0.4, -0.2) is 25.7 Å². The number of hydrogen-bond donors (Lipinski definition) is 1. The third-order valence-electron chi connectivity index (χ3n) is 3.38. The van der Waals surface area contributed by atoms with Crippen molar-refractivity contribution in [3.05, 3.63) is 59.7 Å². The van der Waals surface area contributed by atoms with Crippen LogP contribution < -0.4 is 14.8 Å². The molecule has 0 heterocycles. The average molecular weight is 313 g/mol. The fraction of sp³-hybridized carbons (Fsp3) is 0.316. The number of hydrogen-bond acceptors (Lipinski definition) is 3. The fourth-order valence-corrected chi connectivity index (χ4v) is 2.09. The van der Waals surface area contributed by atoms with Gasteiger partial charge in [-0.3, -0.25) is 4.79 Å². The highest BCUT2D eigenvalue weighted by molar-refractivity contribution is 5.77. The van der Waals surface area contributed by atoms with Crippen LogP contribution in [0.4, 0.5) is 0 Å². The highest BCUT2D eigenvalue weighted by Gasteiger charge is 2.02. The van der Waals surface area contributed by atoms with Crippen molar-refractivity contribution in [2.24, 2.45) is 0 Å². The minimum Gasteiger partial charge on any atom is -0.492 e. The van der Waals surface area contributed by atoms with E-state index >= 15 is 0 Å². The van der Waals surface area contributed by atoms with Crippen molar-refractivity contribution in [2.75, 3.05) is 19.8 Å². The van der Waals surface area contributed by atoms with Gasteiger partial charge in [0.1, 0.15) is 18.1 Å². The summed E-state index contributed by atoms with van der Waals surface area (Å²) in [6.07, 6.45) is 0.988. The molecule has 0 radical (unpaired) electrons. The molecular weight excluding hydrogens is 290 g/mol. The van der Waals surface area contributed by atoms with Crippen molar-refractivity contribution in [1.82, 2.24) is 5.32 Å². The summed E-state index contributed by atoms with van der Waals surface area (Å²) in [6, 6.07) is 15.6. The normalized spacial score (nSPS) is 10.2. The van der Waals surface area contributed by atoms with Crippen LogP contribution in [0.2, 0.25) is 0 Å². The summed E-state index contributed by atoms with van der Waals surface area (Å²) in [5.74, 6) is 1.36. The largest absolute Gasteiger partial charge is 0.492 e. The molecule has 0 saturated heterocycles. The average Bonchev–Trinajstić information content (AvgIpc) is 2.57. The van der Waals surface area contributed by atoms with Gasteiger partial charge in [-0.15, -0.1) is 0 Å². The SMILES string of the molecule is CCc1ccc(OCC(=O)NCCOc2cccc(C)c2)cc1. The predicted molar refractivity (Wildman–Crippen MR) is 91.0 cm³/mol. The zero-order valence-electron chi connectivity index (χ0n) is 13.7. The third-order valence-corrected chi connectivity index (χ3v) is 3.38. The molecule has 122 valence electrons. The van der Waals surface area contributed by atoms with Crippen LogP contribution in [0.5, 0.6) is 11.5 Å². The van der Waals surface area contributed by atoms with Gasteiger partial charge in [-0.1, -0.05) is 31.2 Å². The summed E-state index contributed by atoms with van der Waals surface area (Å²) >= 11 is 0. The molecule has 0 saturated carbocycles. The first-order valence-corrected chi connectivity index (χ1v) is 7.85. The Bertz CT molecular complexity index is 623. The first kappa shape index (κ1) is 16.9. The van der Waals surface area contributed by atoms with E-state index < -0.39 is 0 Å². The number of carbonyl (C=O) groups is 1. The Morgan fingerprint density at radius 3 is 2.52 bits per heavy atom. The Morgan fingerprint density at radius 1 is 1.04 bits per heavy atom. The van der Waals surface area contributed by atoms with E-state index in [1.807, 2.05) is 55.5 Å². The lowest BCUT2D eigenvalue weighted by atomic mass is 10.2. The predicted octanol–water partition coefficient (Wildman–Crippen LogP) is 3.13. The number of ether oxygens (including phenoxy) is 2. The minimum atomic E-state index is -0.155. The molecule has 23 heavy (non-hydrogen) atoms. The van der Waals surface area contributed by atoms with Crippen molar-refractivity contribution < 1.29 is 14.3 Å². The summed E-state index contributed by atoms with van der Waals surface area (Å²) in [5.41, 5.74) is 2.39. The van der Waals surface area contributed by atoms with Crippen molar-refractivity contribution >= 4 is 5.91 Å². The van der Waals surface area contributed by atoms with Gasteiger partial charge in [0.05, 0.1) is 6.54 Å². The van der Waals surface area contributed by atoms with Gasteiger partial charge in [-0.25, -0.2) is 0 Å². The molecule has 2 rings (SSSR count). The van der Waals surface area contributed by atoms with Gasteiger partial charge in [0.2, 0.25) is 0 Å². The van der Waals surface area contributed by atoms with Gasteiger partial charge >= 0.3 is 0 Å². The zero-order chi connectivity index (χ0) is 16.5. The molecule has 0 aliphatic rings. The second-order valence-corrected chi connectivity index (χ2v) is 5.30. The van der Waals surface area contributed by atoms with Gasteiger partial charge in [-0.2, -0.15) is 0 Å². The second kappa shape index (κ2) is 8.83. The molecule has 0 fully saturated rings. The van der Waals surface area contributed by atoms with Crippen LogP contribution in [0.15, 0.2) is 48.5 Å². The lowest BCUT2D eigenvalue weighted by molar-refractivity contribution is -0.123. The first-order valence-electron chi connectivity index (χ1n) is 7.85. The molecule has 0 atom stereocenters. The van der Waals surface area contributed by atoms with Gasteiger partial charge in [0.25, 0.3) is 5.91 Å². The Kier molecular flexibility index (Phi) is 6.48. The van der Waals surface area contributed by atoms with Crippen molar-refractivity contribution in [3.63, 3.8) is 0 Å². The number of carbonyl (C=O) groups excluding carboxylic acids is 1. The molecule has 0 unspecified atom stereocenters. The second-order valence-electron chi connectivity index (χ2n) is 5.30. The maximum Gasteiger partial charge on any atom is 0.258 e. The van der Waals surface area contributed by atoms with Crippen LogP contribution in [-0.2, 0) is 11.2 Å². The molecule has 4 heteroatoms. The van der Waals surface area contributed by atoms with Gasteiger partial charge in [0, 0.05) is 0 Å². The van der Waals surface area contributed by atoms with Gasteiger partial charge < -0.3 is 14.8 Å². The van der Waals surface area contributed by atoms with E-state index in [0.29, 0.717) is 18.9 Å². The summed E-state index contributed by atoms with van der Waals surface area (Å²) in [7, 11) is 0. The van der Waals surface area contributed by atoms with E-state index in [2.05, 4.69) is 12.2 Å². The molecule has 0 bridgehead atoms.